The van der Waals surface area contributed by atoms with Crippen LogP contribution in [0.5, 0.6) is 0 Å². The zero-order valence-corrected chi connectivity index (χ0v) is 12.1. The molecule has 0 fully saturated rings. The number of hydrogen-bond acceptors (Lipinski definition) is 2. The number of nitrogens with one attached hydrogen (secondary N) is 3. The summed E-state index contributed by atoms with van der Waals surface area (Å²) >= 11 is 5.09. The topological polar surface area (TPSA) is 53.2 Å². The molecule has 2 aromatic rings. The lowest BCUT2D eigenvalue weighted by Crippen LogP contribution is -2.43. The predicted octanol–water partition coefficient (Wildman–Crippen LogP) is 2.77. The molecule has 0 saturated heterocycles. The van der Waals surface area contributed by atoms with Crippen molar-refractivity contribution in [3.63, 3.8) is 0 Å². The SMILES string of the molecule is Cc1ccccc1NC(=S)NNC(=O)c1ccc(F)cc1. The van der Waals surface area contributed by atoms with Crippen LogP contribution in [0.2, 0.25) is 0 Å². The van der Waals surface area contributed by atoms with Crippen LogP contribution in [-0.2, 0) is 0 Å². The summed E-state index contributed by atoms with van der Waals surface area (Å²) in [7, 11) is 0. The lowest BCUT2D eigenvalue weighted by molar-refractivity contribution is 0.0944. The summed E-state index contributed by atoms with van der Waals surface area (Å²) in [5.41, 5.74) is 7.26. The molecule has 0 aliphatic carbocycles. The van der Waals surface area contributed by atoms with Crippen molar-refractivity contribution in [3.05, 3.63) is 65.5 Å². The third kappa shape index (κ3) is 4.25. The van der Waals surface area contributed by atoms with Gasteiger partial charge >= 0.3 is 0 Å². The highest BCUT2D eigenvalue weighted by Gasteiger charge is 2.06. The van der Waals surface area contributed by atoms with E-state index in [0.717, 1.165) is 11.3 Å². The normalized spacial score (nSPS) is 9.81. The monoisotopic (exact) mass is 303 g/mol. The Morgan fingerprint density at radius 2 is 1.71 bits per heavy atom. The Hall–Kier alpha value is -2.47. The number of amides is 1. The summed E-state index contributed by atoms with van der Waals surface area (Å²) in [5, 5.41) is 3.24. The number of hydrogen-bond donors (Lipinski definition) is 3. The number of anilines is 1. The lowest BCUT2D eigenvalue weighted by atomic mass is 10.2. The Bertz CT molecular complexity index is 658. The van der Waals surface area contributed by atoms with Gasteiger partial charge in [-0.3, -0.25) is 15.6 Å². The summed E-state index contributed by atoms with van der Waals surface area (Å²) in [6, 6.07) is 12.9. The second-order valence-electron chi connectivity index (χ2n) is 4.36. The molecule has 2 aromatic carbocycles. The van der Waals surface area contributed by atoms with Crippen molar-refractivity contribution in [2.75, 3.05) is 5.32 Å². The fraction of sp³-hybridized carbons (Fsp3) is 0.0667. The molecule has 0 aliphatic heterocycles. The zero-order valence-electron chi connectivity index (χ0n) is 11.3. The number of carbonyl (C=O) groups is 1. The van der Waals surface area contributed by atoms with Gasteiger partial charge in [-0.25, -0.2) is 4.39 Å². The van der Waals surface area contributed by atoms with Crippen LogP contribution in [0.4, 0.5) is 10.1 Å². The van der Waals surface area contributed by atoms with Crippen molar-refractivity contribution in [1.29, 1.82) is 0 Å². The minimum absolute atomic E-state index is 0.264. The third-order valence-corrected chi connectivity index (χ3v) is 2.99. The van der Waals surface area contributed by atoms with Gasteiger partial charge < -0.3 is 5.32 Å². The average molecular weight is 303 g/mol. The first kappa shape index (κ1) is 14.9. The number of halogens is 1. The highest BCUT2D eigenvalue weighted by atomic mass is 32.1. The molecular formula is C15H14FN3OS. The molecule has 2 rings (SSSR count). The van der Waals surface area contributed by atoms with Crippen molar-refractivity contribution in [2.24, 2.45) is 0 Å². The van der Waals surface area contributed by atoms with Crippen molar-refractivity contribution < 1.29 is 9.18 Å². The fourth-order valence-electron chi connectivity index (χ4n) is 1.65. The van der Waals surface area contributed by atoms with E-state index in [1.807, 2.05) is 31.2 Å². The van der Waals surface area contributed by atoms with E-state index in [0.29, 0.717) is 5.56 Å². The van der Waals surface area contributed by atoms with Crippen LogP contribution in [0.25, 0.3) is 0 Å². The largest absolute Gasteiger partial charge is 0.331 e. The number of carbonyl (C=O) groups excluding carboxylic acids is 1. The van der Waals surface area contributed by atoms with Gasteiger partial charge in [0.1, 0.15) is 5.82 Å². The van der Waals surface area contributed by atoms with Crippen molar-refractivity contribution in [2.45, 2.75) is 6.92 Å². The number of hydrazine groups is 1. The van der Waals surface area contributed by atoms with Crippen molar-refractivity contribution >= 4 is 28.9 Å². The van der Waals surface area contributed by atoms with E-state index in [1.165, 1.54) is 24.3 Å². The van der Waals surface area contributed by atoms with Crippen molar-refractivity contribution in [3.8, 4) is 0 Å². The minimum Gasteiger partial charge on any atom is -0.331 e. The van der Waals surface area contributed by atoms with Gasteiger partial charge in [-0.05, 0) is 55.0 Å². The van der Waals surface area contributed by atoms with E-state index in [2.05, 4.69) is 16.2 Å². The number of benzene rings is 2. The summed E-state index contributed by atoms with van der Waals surface area (Å²) in [5.74, 6) is -0.791. The van der Waals surface area contributed by atoms with Gasteiger partial charge in [0.2, 0.25) is 0 Å². The molecule has 1 amide bonds. The number of rotatable bonds is 2. The molecule has 0 aromatic heterocycles. The number of para-hydroxylation sites is 1. The summed E-state index contributed by atoms with van der Waals surface area (Å²) < 4.78 is 12.8. The van der Waals surface area contributed by atoms with Gasteiger partial charge in [0.25, 0.3) is 5.91 Å². The summed E-state index contributed by atoms with van der Waals surface area (Å²) in [4.78, 5) is 11.8. The summed E-state index contributed by atoms with van der Waals surface area (Å²) in [6.45, 7) is 1.95. The Balaban J connectivity index is 1.88. The van der Waals surface area contributed by atoms with Crippen LogP contribution in [0.1, 0.15) is 15.9 Å². The first-order valence-corrected chi connectivity index (χ1v) is 6.65. The Kier molecular flexibility index (Phi) is 4.84. The van der Waals surface area contributed by atoms with E-state index in [1.54, 1.807) is 0 Å². The smallest absolute Gasteiger partial charge is 0.269 e. The van der Waals surface area contributed by atoms with Gasteiger partial charge in [0.15, 0.2) is 5.11 Å². The van der Waals surface area contributed by atoms with E-state index in [9.17, 15) is 9.18 Å². The molecule has 4 nitrogen and oxygen atoms in total. The molecule has 0 saturated carbocycles. The van der Waals surface area contributed by atoms with Crippen molar-refractivity contribution in [1.82, 2.24) is 10.9 Å². The maximum atomic E-state index is 12.8. The van der Waals surface area contributed by atoms with Crippen LogP contribution in [0, 0.1) is 12.7 Å². The molecular weight excluding hydrogens is 289 g/mol. The fourth-order valence-corrected chi connectivity index (χ4v) is 1.81. The van der Waals surface area contributed by atoms with E-state index in [-0.39, 0.29) is 5.11 Å². The molecule has 0 radical (unpaired) electrons. The maximum absolute atomic E-state index is 12.8. The second kappa shape index (κ2) is 6.81. The number of aryl methyl sites for hydroxylation is 1. The molecule has 21 heavy (non-hydrogen) atoms. The highest BCUT2D eigenvalue weighted by Crippen LogP contribution is 2.12. The zero-order chi connectivity index (χ0) is 15.2. The molecule has 0 heterocycles. The molecule has 0 aliphatic rings. The lowest BCUT2D eigenvalue weighted by Gasteiger charge is -2.13. The highest BCUT2D eigenvalue weighted by molar-refractivity contribution is 7.80. The Morgan fingerprint density at radius 1 is 1.05 bits per heavy atom. The van der Waals surface area contributed by atoms with Crippen LogP contribution in [0.3, 0.4) is 0 Å². The molecule has 108 valence electrons. The number of thiocarbonyl (C=S) groups is 1. The molecule has 0 unspecified atom stereocenters. The third-order valence-electron chi connectivity index (χ3n) is 2.79. The first-order chi connectivity index (χ1) is 10.1. The summed E-state index contributed by atoms with van der Waals surface area (Å²) in [6.07, 6.45) is 0. The maximum Gasteiger partial charge on any atom is 0.269 e. The van der Waals surface area contributed by atoms with Gasteiger partial charge in [-0.2, -0.15) is 0 Å². The standard InChI is InChI=1S/C15H14FN3OS/c1-10-4-2-3-5-13(10)17-15(21)19-18-14(20)11-6-8-12(16)9-7-11/h2-9H,1H3,(H,18,20)(H2,17,19,21). The Morgan fingerprint density at radius 3 is 2.38 bits per heavy atom. The molecule has 0 bridgehead atoms. The quantitative estimate of drug-likeness (QED) is 0.590. The van der Waals surface area contributed by atoms with Gasteiger partial charge in [-0.15, -0.1) is 0 Å². The molecule has 0 atom stereocenters. The second-order valence-corrected chi connectivity index (χ2v) is 4.76. The minimum atomic E-state index is -0.399. The van der Waals surface area contributed by atoms with E-state index < -0.39 is 11.7 Å². The molecule has 0 spiro atoms. The van der Waals surface area contributed by atoms with E-state index in [4.69, 9.17) is 12.2 Å². The predicted molar refractivity (Wildman–Crippen MR) is 84.4 cm³/mol. The van der Waals surface area contributed by atoms with Crippen LogP contribution in [-0.4, -0.2) is 11.0 Å². The van der Waals surface area contributed by atoms with Crippen LogP contribution < -0.4 is 16.2 Å². The first-order valence-electron chi connectivity index (χ1n) is 6.25. The molecule has 3 N–H and O–H groups in total. The van der Waals surface area contributed by atoms with Crippen LogP contribution >= 0.6 is 12.2 Å². The Labute approximate surface area is 127 Å². The van der Waals surface area contributed by atoms with Gasteiger partial charge in [0.05, 0.1) is 0 Å². The van der Waals surface area contributed by atoms with Crippen LogP contribution in [0.15, 0.2) is 48.5 Å². The average Bonchev–Trinajstić information content (AvgIpc) is 2.48. The molecule has 6 heteroatoms. The van der Waals surface area contributed by atoms with Gasteiger partial charge in [0, 0.05) is 11.3 Å². The van der Waals surface area contributed by atoms with Gasteiger partial charge in [-0.1, -0.05) is 18.2 Å². The van der Waals surface area contributed by atoms with E-state index >= 15 is 0 Å².